The van der Waals surface area contributed by atoms with Gasteiger partial charge in [0.2, 0.25) is 5.91 Å². The Hall–Kier alpha value is -0.610. The third-order valence-electron chi connectivity index (χ3n) is 3.10. The van der Waals surface area contributed by atoms with E-state index in [4.69, 9.17) is 4.74 Å². The molecule has 0 saturated heterocycles. The maximum absolute atomic E-state index is 11.7. The van der Waals surface area contributed by atoms with Crippen molar-refractivity contribution in [1.29, 1.82) is 0 Å². The number of ether oxygens (including phenoxy) is 1. The zero-order chi connectivity index (χ0) is 11.3. The van der Waals surface area contributed by atoms with Crippen LogP contribution in [0.5, 0.6) is 0 Å². The Morgan fingerprint density at radius 3 is 2.73 bits per heavy atom. The normalized spacial score (nSPS) is 26.3. The molecule has 0 spiro atoms. The number of carbonyl (C=O) groups excluding carboxylic acids is 1. The highest BCUT2D eigenvalue weighted by atomic mass is 16.5. The van der Waals surface area contributed by atoms with Gasteiger partial charge in [-0.1, -0.05) is 12.8 Å². The predicted octanol–water partition coefficient (Wildman–Crippen LogP) is 0.785. The number of amides is 1. The van der Waals surface area contributed by atoms with Gasteiger partial charge in [-0.3, -0.25) is 4.79 Å². The zero-order valence-corrected chi connectivity index (χ0v) is 9.61. The minimum atomic E-state index is -0.352. The molecule has 1 saturated carbocycles. The van der Waals surface area contributed by atoms with Crippen LogP contribution in [0.2, 0.25) is 0 Å². The van der Waals surface area contributed by atoms with E-state index >= 15 is 0 Å². The lowest BCUT2D eigenvalue weighted by atomic mass is 9.91. The number of hydrogen-bond donors (Lipinski definition) is 1. The van der Waals surface area contributed by atoms with Crippen LogP contribution in [0.15, 0.2) is 0 Å². The smallest absolute Gasteiger partial charge is 0.224 e. The van der Waals surface area contributed by atoms with Gasteiger partial charge in [-0.15, -0.1) is 0 Å². The van der Waals surface area contributed by atoms with Crippen molar-refractivity contribution in [1.82, 2.24) is 4.90 Å². The second kappa shape index (κ2) is 6.08. The largest absolute Gasteiger partial charge is 0.391 e. The number of hydrogen-bond acceptors (Lipinski definition) is 3. The van der Waals surface area contributed by atoms with Crippen molar-refractivity contribution >= 4 is 5.91 Å². The SMILES string of the molecule is COCCC(=O)N(C)C1CCCCC1O. The van der Waals surface area contributed by atoms with Gasteiger partial charge in [0.05, 0.1) is 25.2 Å². The summed E-state index contributed by atoms with van der Waals surface area (Å²) >= 11 is 0. The molecule has 0 aromatic heterocycles. The van der Waals surface area contributed by atoms with E-state index in [9.17, 15) is 9.90 Å². The number of rotatable bonds is 4. The Balaban J connectivity index is 2.42. The Morgan fingerprint density at radius 1 is 1.47 bits per heavy atom. The molecule has 1 aliphatic rings. The second-order valence-electron chi connectivity index (χ2n) is 4.17. The third kappa shape index (κ3) is 3.47. The topological polar surface area (TPSA) is 49.8 Å². The highest BCUT2D eigenvalue weighted by Crippen LogP contribution is 2.22. The molecular formula is C11H21NO3. The molecule has 1 N–H and O–H groups in total. The highest BCUT2D eigenvalue weighted by molar-refractivity contribution is 5.76. The summed E-state index contributed by atoms with van der Waals surface area (Å²) in [5.74, 6) is 0.0581. The number of likely N-dealkylation sites (N-methyl/N-ethyl adjacent to an activating group) is 1. The first-order chi connectivity index (χ1) is 7.16. The van der Waals surface area contributed by atoms with Gasteiger partial charge in [0.15, 0.2) is 0 Å². The van der Waals surface area contributed by atoms with Gasteiger partial charge < -0.3 is 14.7 Å². The lowest BCUT2D eigenvalue weighted by molar-refractivity contribution is -0.136. The van der Waals surface area contributed by atoms with E-state index in [1.54, 1.807) is 19.1 Å². The van der Waals surface area contributed by atoms with E-state index in [0.717, 1.165) is 25.7 Å². The number of aliphatic hydroxyl groups excluding tert-OH is 1. The molecular weight excluding hydrogens is 194 g/mol. The second-order valence-corrected chi connectivity index (χ2v) is 4.17. The van der Waals surface area contributed by atoms with E-state index in [2.05, 4.69) is 0 Å². The summed E-state index contributed by atoms with van der Waals surface area (Å²) in [5, 5.41) is 9.79. The number of methoxy groups -OCH3 is 1. The van der Waals surface area contributed by atoms with Crippen LogP contribution < -0.4 is 0 Å². The van der Waals surface area contributed by atoms with Gasteiger partial charge in [0, 0.05) is 14.2 Å². The lowest BCUT2D eigenvalue weighted by Gasteiger charge is -2.35. The minimum absolute atomic E-state index is 0.00288. The molecule has 1 fully saturated rings. The van der Waals surface area contributed by atoms with Gasteiger partial charge in [-0.05, 0) is 12.8 Å². The fourth-order valence-corrected chi connectivity index (χ4v) is 2.09. The molecule has 0 radical (unpaired) electrons. The Morgan fingerprint density at radius 2 is 2.13 bits per heavy atom. The van der Waals surface area contributed by atoms with Gasteiger partial charge >= 0.3 is 0 Å². The van der Waals surface area contributed by atoms with Crippen LogP contribution in [0.4, 0.5) is 0 Å². The maximum atomic E-state index is 11.7. The van der Waals surface area contributed by atoms with Crippen molar-refractivity contribution in [2.24, 2.45) is 0 Å². The lowest BCUT2D eigenvalue weighted by Crippen LogP contribution is -2.46. The summed E-state index contributed by atoms with van der Waals surface area (Å²) in [5.41, 5.74) is 0. The number of aliphatic hydroxyl groups is 1. The van der Waals surface area contributed by atoms with Crippen LogP contribution in [-0.2, 0) is 9.53 Å². The number of nitrogens with zero attached hydrogens (tertiary/aromatic N) is 1. The molecule has 0 bridgehead atoms. The van der Waals surface area contributed by atoms with E-state index in [1.165, 1.54) is 0 Å². The standard InChI is InChI=1S/C11H21NO3/c1-12(11(14)7-8-15-2)9-5-3-4-6-10(9)13/h9-10,13H,3-8H2,1-2H3. The van der Waals surface area contributed by atoms with E-state index < -0.39 is 0 Å². The van der Waals surface area contributed by atoms with Crippen LogP contribution in [0, 0.1) is 0 Å². The molecule has 15 heavy (non-hydrogen) atoms. The summed E-state index contributed by atoms with van der Waals surface area (Å²) in [4.78, 5) is 13.4. The summed E-state index contributed by atoms with van der Waals surface area (Å²) in [6.45, 7) is 0.450. The molecule has 88 valence electrons. The molecule has 1 rings (SSSR count). The van der Waals surface area contributed by atoms with Crippen molar-refractivity contribution in [2.75, 3.05) is 20.8 Å². The molecule has 1 aliphatic carbocycles. The average molecular weight is 215 g/mol. The fraction of sp³-hybridized carbons (Fsp3) is 0.909. The van der Waals surface area contributed by atoms with Crippen molar-refractivity contribution in [3.63, 3.8) is 0 Å². The maximum Gasteiger partial charge on any atom is 0.224 e. The van der Waals surface area contributed by atoms with Crippen molar-refractivity contribution in [3.05, 3.63) is 0 Å². The highest BCUT2D eigenvalue weighted by Gasteiger charge is 2.28. The first kappa shape index (κ1) is 12.5. The molecule has 0 aromatic rings. The van der Waals surface area contributed by atoms with Crippen LogP contribution in [0.1, 0.15) is 32.1 Å². The molecule has 2 unspecified atom stereocenters. The van der Waals surface area contributed by atoms with Crippen molar-refractivity contribution in [2.45, 2.75) is 44.2 Å². The molecule has 0 heterocycles. The zero-order valence-electron chi connectivity index (χ0n) is 9.61. The first-order valence-electron chi connectivity index (χ1n) is 5.59. The average Bonchev–Trinajstić information content (AvgIpc) is 2.25. The van der Waals surface area contributed by atoms with Gasteiger partial charge in [0.25, 0.3) is 0 Å². The summed E-state index contributed by atoms with van der Waals surface area (Å²) < 4.78 is 4.87. The minimum Gasteiger partial charge on any atom is -0.391 e. The summed E-state index contributed by atoms with van der Waals surface area (Å²) in [6, 6.07) is 0.00288. The number of carbonyl (C=O) groups is 1. The van der Waals surface area contributed by atoms with Crippen LogP contribution in [0.25, 0.3) is 0 Å². The van der Waals surface area contributed by atoms with Crippen molar-refractivity contribution < 1.29 is 14.6 Å². The Bertz CT molecular complexity index is 208. The molecule has 4 nitrogen and oxygen atoms in total. The van der Waals surface area contributed by atoms with Crippen molar-refractivity contribution in [3.8, 4) is 0 Å². The monoisotopic (exact) mass is 215 g/mol. The Labute approximate surface area is 91.2 Å². The molecule has 0 aliphatic heterocycles. The first-order valence-corrected chi connectivity index (χ1v) is 5.59. The van der Waals surface area contributed by atoms with E-state index in [1.807, 2.05) is 0 Å². The molecule has 1 amide bonds. The predicted molar refractivity (Wildman–Crippen MR) is 57.5 cm³/mol. The van der Waals surface area contributed by atoms with Gasteiger partial charge in [0.1, 0.15) is 0 Å². The van der Waals surface area contributed by atoms with Crippen LogP contribution in [0.3, 0.4) is 0 Å². The van der Waals surface area contributed by atoms with Gasteiger partial charge in [-0.25, -0.2) is 0 Å². The fourth-order valence-electron chi connectivity index (χ4n) is 2.09. The van der Waals surface area contributed by atoms with E-state index in [0.29, 0.717) is 13.0 Å². The third-order valence-corrected chi connectivity index (χ3v) is 3.10. The summed E-state index contributed by atoms with van der Waals surface area (Å²) in [7, 11) is 3.36. The van der Waals surface area contributed by atoms with Gasteiger partial charge in [-0.2, -0.15) is 0 Å². The molecule has 2 atom stereocenters. The quantitative estimate of drug-likeness (QED) is 0.754. The van der Waals surface area contributed by atoms with Crippen LogP contribution in [-0.4, -0.2) is 48.8 Å². The molecule has 0 aromatic carbocycles. The summed E-state index contributed by atoms with van der Waals surface area (Å²) in [6.07, 6.45) is 3.94. The van der Waals surface area contributed by atoms with E-state index in [-0.39, 0.29) is 18.1 Å². The Kier molecular flexibility index (Phi) is 5.05. The van der Waals surface area contributed by atoms with Crippen LogP contribution >= 0.6 is 0 Å². The molecule has 4 heteroatoms.